The van der Waals surface area contributed by atoms with Crippen LogP contribution < -0.4 is 0 Å². The minimum absolute atomic E-state index is 0.350. The first-order valence-corrected chi connectivity index (χ1v) is 5.78. The molecule has 7 heteroatoms. The molecule has 2 rings (SSSR count). The monoisotopic (exact) mass is 310 g/mol. The standard InChI is InChI=1S/C13H5ClF6/c14-4-6-5(2-1-3-7(6)15)8-9(16)11(18)13(20)12(19)10(8)17/h1-3H,4H2. The highest BCUT2D eigenvalue weighted by atomic mass is 35.5. The maximum atomic E-state index is 13.6. The molecule has 0 aliphatic carbocycles. The van der Waals surface area contributed by atoms with Crippen molar-refractivity contribution in [1.29, 1.82) is 0 Å². The van der Waals surface area contributed by atoms with Crippen LogP contribution in [0.15, 0.2) is 18.2 Å². The van der Waals surface area contributed by atoms with E-state index in [2.05, 4.69) is 0 Å². The van der Waals surface area contributed by atoms with Gasteiger partial charge in [0.25, 0.3) is 0 Å². The molecule has 0 saturated carbocycles. The second-order valence-corrected chi connectivity index (χ2v) is 4.11. The van der Waals surface area contributed by atoms with E-state index in [-0.39, 0.29) is 5.56 Å². The predicted octanol–water partition coefficient (Wildman–Crippen LogP) is 4.93. The molecule has 0 amide bonds. The van der Waals surface area contributed by atoms with Crippen molar-refractivity contribution < 1.29 is 26.3 Å². The van der Waals surface area contributed by atoms with E-state index in [1.807, 2.05) is 0 Å². The van der Waals surface area contributed by atoms with Crippen LogP contribution in [0.5, 0.6) is 0 Å². The van der Waals surface area contributed by atoms with Gasteiger partial charge in [-0.05, 0) is 11.6 Å². The fourth-order valence-electron chi connectivity index (χ4n) is 1.77. The predicted molar refractivity (Wildman–Crippen MR) is 61.2 cm³/mol. The van der Waals surface area contributed by atoms with Gasteiger partial charge >= 0.3 is 0 Å². The van der Waals surface area contributed by atoms with Crippen LogP contribution in [0.25, 0.3) is 11.1 Å². The zero-order chi connectivity index (χ0) is 15.0. The summed E-state index contributed by atoms with van der Waals surface area (Å²) in [7, 11) is 0. The molecule has 0 nitrogen and oxygen atoms in total. The molecule has 106 valence electrons. The second kappa shape index (κ2) is 5.36. The lowest BCUT2D eigenvalue weighted by molar-refractivity contribution is 0.381. The molecule has 0 unspecified atom stereocenters. The molecule has 0 saturated heterocycles. The Balaban J connectivity index is 2.87. The van der Waals surface area contributed by atoms with E-state index in [9.17, 15) is 26.3 Å². The van der Waals surface area contributed by atoms with Crippen molar-refractivity contribution in [1.82, 2.24) is 0 Å². The molecule has 2 aromatic carbocycles. The molecule has 0 atom stereocenters. The average Bonchev–Trinajstić information content (AvgIpc) is 2.43. The van der Waals surface area contributed by atoms with E-state index in [4.69, 9.17) is 11.6 Å². The molecule has 0 aromatic heterocycles. The van der Waals surface area contributed by atoms with Crippen LogP contribution in [-0.4, -0.2) is 0 Å². The normalized spacial score (nSPS) is 10.9. The fraction of sp³-hybridized carbons (Fsp3) is 0.0769. The Kier molecular flexibility index (Phi) is 3.94. The van der Waals surface area contributed by atoms with Gasteiger partial charge in [-0.15, -0.1) is 11.6 Å². The molecule has 2 aromatic rings. The minimum atomic E-state index is -2.27. The molecule has 20 heavy (non-hydrogen) atoms. The average molecular weight is 311 g/mol. The number of rotatable bonds is 2. The van der Waals surface area contributed by atoms with Crippen LogP contribution in [0.2, 0.25) is 0 Å². The molecule has 0 heterocycles. The number of hydrogen-bond acceptors (Lipinski definition) is 0. The van der Waals surface area contributed by atoms with Crippen LogP contribution in [-0.2, 0) is 5.88 Å². The van der Waals surface area contributed by atoms with Crippen LogP contribution in [0.3, 0.4) is 0 Å². The molecule has 0 radical (unpaired) electrons. The molecule has 0 bridgehead atoms. The summed E-state index contributed by atoms with van der Waals surface area (Å²) in [6.07, 6.45) is 0. The van der Waals surface area contributed by atoms with Gasteiger partial charge in [-0.25, -0.2) is 26.3 Å². The lowest BCUT2D eigenvalue weighted by atomic mass is 9.98. The Bertz CT molecular complexity index is 654. The maximum Gasteiger partial charge on any atom is 0.200 e. The number of alkyl halides is 1. The third-order valence-electron chi connectivity index (χ3n) is 2.73. The highest BCUT2D eigenvalue weighted by Crippen LogP contribution is 2.34. The SMILES string of the molecule is Fc1cccc(-c2c(F)c(F)c(F)c(F)c2F)c1CCl. The van der Waals surface area contributed by atoms with Crippen molar-refractivity contribution in [2.24, 2.45) is 0 Å². The minimum Gasteiger partial charge on any atom is -0.207 e. The molecular formula is C13H5ClF6. The van der Waals surface area contributed by atoms with E-state index in [1.54, 1.807) is 0 Å². The van der Waals surface area contributed by atoms with E-state index < -0.39 is 51.9 Å². The Morgan fingerprint density at radius 2 is 1.25 bits per heavy atom. The Hall–Kier alpha value is -1.69. The van der Waals surface area contributed by atoms with Crippen molar-refractivity contribution in [2.45, 2.75) is 5.88 Å². The van der Waals surface area contributed by atoms with Gasteiger partial charge in [0.05, 0.1) is 11.4 Å². The van der Waals surface area contributed by atoms with Crippen molar-refractivity contribution >= 4 is 11.6 Å². The number of benzene rings is 2. The zero-order valence-electron chi connectivity index (χ0n) is 9.58. The van der Waals surface area contributed by atoms with Gasteiger partial charge in [0, 0.05) is 5.56 Å². The first-order valence-electron chi connectivity index (χ1n) is 5.25. The molecule has 0 spiro atoms. The topological polar surface area (TPSA) is 0 Å². The lowest BCUT2D eigenvalue weighted by Gasteiger charge is -2.12. The molecule has 0 aliphatic rings. The Morgan fingerprint density at radius 1 is 0.750 bits per heavy atom. The van der Waals surface area contributed by atoms with Gasteiger partial charge in [-0.3, -0.25) is 0 Å². The van der Waals surface area contributed by atoms with Crippen molar-refractivity contribution in [3.8, 4) is 11.1 Å². The third-order valence-corrected chi connectivity index (χ3v) is 3.00. The van der Waals surface area contributed by atoms with Gasteiger partial charge in [0.15, 0.2) is 23.3 Å². The first kappa shape index (κ1) is 14.7. The quantitative estimate of drug-likeness (QED) is 0.319. The van der Waals surface area contributed by atoms with Crippen LogP contribution in [0, 0.1) is 34.9 Å². The van der Waals surface area contributed by atoms with Crippen molar-refractivity contribution in [3.63, 3.8) is 0 Å². The Morgan fingerprint density at radius 3 is 1.75 bits per heavy atom. The second-order valence-electron chi connectivity index (χ2n) is 3.84. The van der Waals surface area contributed by atoms with E-state index in [1.165, 1.54) is 0 Å². The lowest BCUT2D eigenvalue weighted by Crippen LogP contribution is -2.05. The zero-order valence-corrected chi connectivity index (χ0v) is 10.3. The summed E-state index contributed by atoms with van der Waals surface area (Å²) in [6.45, 7) is 0. The van der Waals surface area contributed by atoms with Gasteiger partial charge in [-0.1, -0.05) is 12.1 Å². The van der Waals surface area contributed by atoms with Crippen LogP contribution in [0.1, 0.15) is 5.56 Å². The molecule has 0 N–H and O–H groups in total. The molecule has 0 fully saturated rings. The summed E-state index contributed by atoms with van der Waals surface area (Å²) in [5.41, 5.74) is -2.03. The first-order chi connectivity index (χ1) is 9.40. The van der Waals surface area contributed by atoms with Crippen molar-refractivity contribution in [2.75, 3.05) is 0 Å². The highest BCUT2D eigenvalue weighted by molar-refractivity contribution is 6.17. The summed E-state index contributed by atoms with van der Waals surface area (Å²) in [5, 5.41) is 0. The van der Waals surface area contributed by atoms with Gasteiger partial charge < -0.3 is 0 Å². The van der Waals surface area contributed by atoms with Crippen LogP contribution in [0.4, 0.5) is 26.3 Å². The maximum absolute atomic E-state index is 13.6. The number of halogens is 7. The van der Waals surface area contributed by atoms with E-state index in [0.717, 1.165) is 18.2 Å². The number of hydrogen-bond donors (Lipinski definition) is 0. The third kappa shape index (κ3) is 2.14. The van der Waals surface area contributed by atoms with Gasteiger partial charge in [0.1, 0.15) is 5.82 Å². The smallest absolute Gasteiger partial charge is 0.200 e. The summed E-state index contributed by atoms with van der Waals surface area (Å²) < 4.78 is 80.0. The molecular weight excluding hydrogens is 306 g/mol. The van der Waals surface area contributed by atoms with E-state index >= 15 is 0 Å². The largest absolute Gasteiger partial charge is 0.207 e. The van der Waals surface area contributed by atoms with Crippen LogP contribution >= 0.6 is 11.6 Å². The van der Waals surface area contributed by atoms with Gasteiger partial charge in [-0.2, -0.15) is 0 Å². The Labute approximate surface area is 114 Å². The summed E-state index contributed by atoms with van der Waals surface area (Å²) in [6, 6.07) is 3.07. The van der Waals surface area contributed by atoms with E-state index in [0.29, 0.717) is 0 Å². The highest BCUT2D eigenvalue weighted by Gasteiger charge is 2.28. The summed E-state index contributed by atoms with van der Waals surface area (Å²) in [4.78, 5) is 0. The molecule has 0 aliphatic heterocycles. The summed E-state index contributed by atoms with van der Waals surface area (Å²) in [5.74, 6) is -11.9. The fourth-order valence-corrected chi connectivity index (χ4v) is 2.04. The summed E-state index contributed by atoms with van der Waals surface area (Å²) >= 11 is 5.46. The van der Waals surface area contributed by atoms with Gasteiger partial charge in [0.2, 0.25) is 5.82 Å². The van der Waals surface area contributed by atoms with Crippen molar-refractivity contribution in [3.05, 3.63) is 58.7 Å².